The molecule has 1 aliphatic carbocycles. The van der Waals surface area contributed by atoms with Gasteiger partial charge >= 0.3 is 5.97 Å². The Kier molecular flexibility index (Phi) is 12.8. The molecule has 0 spiro atoms. The minimum absolute atomic E-state index is 0. The summed E-state index contributed by atoms with van der Waals surface area (Å²) < 4.78 is 16.1. The standard InChI is InChI=1S/C23H33NO5.ClH/c1-3-28-23(26)12-8-5-9-15-29-21-16-19(24-17-22(21)27-2)13-14-20(25)18-10-6-4-7-11-18;/h13-14,16-18H,3-12,15H2,1-2H3;1H. The number of allylic oxidation sites excluding steroid dienone is 1. The Morgan fingerprint density at radius 3 is 2.60 bits per heavy atom. The Balaban J connectivity index is 0.00000450. The zero-order valence-corrected chi connectivity index (χ0v) is 18.9. The summed E-state index contributed by atoms with van der Waals surface area (Å²) in [6, 6.07) is 1.79. The summed E-state index contributed by atoms with van der Waals surface area (Å²) in [5, 5.41) is 0. The number of carbonyl (C=O) groups is 2. The highest BCUT2D eigenvalue weighted by Gasteiger charge is 2.18. The van der Waals surface area contributed by atoms with Crippen LogP contribution >= 0.6 is 12.4 Å². The number of halogens is 1. The minimum Gasteiger partial charge on any atom is -0.491 e. The molecule has 0 radical (unpaired) electrons. The summed E-state index contributed by atoms with van der Waals surface area (Å²) in [6.07, 6.45) is 13.4. The summed E-state index contributed by atoms with van der Waals surface area (Å²) in [7, 11) is 1.57. The fourth-order valence-electron chi connectivity index (χ4n) is 3.45. The van der Waals surface area contributed by atoms with E-state index in [0.29, 0.717) is 36.8 Å². The van der Waals surface area contributed by atoms with Crippen molar-refractivity contribution in [2.24, 2.45) is 5.92 Å². The molecule has 168 valence electrons. The van der Waals surface area contributed by atoms with E-state index in [4.69, 9.17) is 14.2 Å². The molecule has 1 fully saturated rings. The number of hydrogen-bond donors (Lipinski definition) is 0. The first-order valence-electron chi connectivity index (χ1n) is 10.7. The third-order valence-electron chi connectivity index (χ3n) is 5.09. The number of pyridine rings is 1. The number of nitrogens with zero attached hydrogens (tertiary/aromatic N) is 1. The number of aromatic nitrogens is 1. The first-order valence-corrected chi connectivity index (χ1v) is 10.7. The molecule has 0 unspecified atom stereocenters. The maximum absolute atomic E-state index is 12.3. The number of methoxy groups -OCH3 is 1. The molecule has 0 N–H and O–H groups in total. The predicted octanol–water partition coefficient (Wildman–Crippen LogP) is 5.18. The molecule has 0 atom stereocenters. The average Bonchev–Trinajstić information content (AvgIpc) is 2.75. The molecule has 6 nitrogen and oxygen atoms in total. The van der Waals surface area contributed by atoms with Crippen LogP contribution in [0.1, 0.15) is 70.4 Å². The average molecular weight is 440 g/mol. The Bertz CT molecular complexity index is 686. The molecule has 0 amide bonds. The first kappa shape index (κ1) is 26.0. The van der Waals surface area contributed by atoms with Gasteiger partial charge in [-0.3, -0.25) is 14.6 Å². The van der Waals surface area contributed by atoms with E-state index in [0.717, 1.165) is 44.9 Å². The maximum atomic E-state index is 12.3. The molecule has 0 bridgehead atoms. The van der Waals surface area contributed by atoms with Gasteiger partial charge in [-0.15, -0.1) is 12.4 Å². The predicted molar refractivity (Wildman–Crippen MR) is 119 cm³/mol. The van der Waals surface area contributed by atoms with Crippen LogP contribution < -0.4 is 9.47 Å². The van der Waals surface area contributed by atoms with Crippen molar-refractivity contribution in [1.82, 2.24) is 4.98 Å². The van der Waals surface area contributed by atoms with Crippen molar-refractivity contribution in [3.63, 3.8) is 0 Å². The van der Waals surface area contributed by atoms with E-state index in [-0.39, 0.29) is 30.1 Å². The zero-order valence-electron chi connectivity index (χ0n) is 18.1. The second-order valence-electron chi connectivity index (χ2n) is 7.29. The summed E-state index contributed by atoms with van der Waals surface area (Å²) in [5.41, 5.74) is 0.673. The highest BCUT2D eigenvalue weighted by atomic mass is 35.5. The summed E-state index contributed by atoms with van der Waals surface area (Å²) in [5.74, 6) is 1.36. The van der Waals surface area contributed by atoms with Crippen molar-refractivity contribution in [3.8, 4) is 11.5 Å². The van der Waals surface area contributed by atoms with Crippen LogP contribution in [0.2, 0.25) is 0 Å². The van der Waals surface area contributed by atoms with Crippen molar-refractivity contribution < 1.29 is 23.8 Å². The van der Waals surface area contributed by atoms with Crippen LogP contribution in [0.4, 0.5) is 0 Å². The summed E-state index contributed by atoms with van der Waals surface area (Å²) >= 11 is 0. The van der Waals surface area contributed by atoms with Gasteiger partial charge in [0.2, 0.25) is 0 Å². The Hall–Kier alpha value is -2.08. The molecule has 0 aliphatic heterocycles. The van der Waals surface area contributed by atoms with Gasteiger partial charge in [-0.25, -0.2) is 0 Å². The van der Waals surface area contributed by atoms with Gasteiger partial charge in [-0.1, -0.05) is 19.3 Å². The molecule has 1 saturated carbocycles. The van der Waals surface area contributed by atoms with E-state index < -0.39 is 0 Å². The zero-order chi connectivity index (χ0) is 20.9. The van der Waals surface area contributed by atoms with Crippen molar-refractivity contribution in [1.29, 1.82) is 0 Å². The third-order valence-corrected chi connectivity index (χ3v) is 5.09. The molecule has 0 saturated heterocycles. The summed E-state index contributed by atoms with van der Waals surface area (Å²) in [4.78, 5) is 28.0. The highest BCUT2D eigenvalue weighted by Crippen LogP contribution is 2.28. The topological polar surface area (TPSA) is 74.7 Å². The quantitative estimate of drug-likeness (QED) is 0.254. The molecular weight excluding hydrogens is 406 g/mol. The lowest BCUT2D eigenvalue weighted by molar-refractivity contribution is -0.143. The van der Waals surface area contributed by atoms with Gasteiger partial charge in [-0.2, -0.15) is 0 Å². The van der Waals surface area contributed by atoms with Gasteiger partial charge in [0, 0.05) is 18.4 Å². The van der Waals surface area contributed by atoms with E-state index in [1.165, 1.54) is 6.42 Å². The Morgan fingerprint density at radius 2 is 1.90 bits per heavy atom. The molecule has 1 heterocycles. The van der Waals surface area contributed by atoms with Crippen LogP contribution in [0, 0.1) is 5.92 Å². The fourth-order valence-corrected chi connectivity index (χ4v) is 3.45. The van der Waals surface area contributed by atoms with Crippen LogP contribution in [0.5, 0.6) is 11.5 Å². The number of ketones is 1. The second-order valence-corrected chi connectivity index (χ2v) is 7.29. The lowest BCUT2D eigenvalue weighted by atomic mass is 9.86. The minimum atomic E-state index is -0.150. The molecule has 30 heavy (non-hydrogen) atoms. The smallest absolute Gasteiger partial charge is 0.305 e. The van der Waals surface area contributed by atoms with Gasteiger partial charge in [0.05, 0.1) is 32.2 Å². The number of esters is 1. The van der Waals surface area contributed by atoms with Crippen molar-refractivity contribution in [2.45, 2.75) is 64.7 Å². The lowest BCUT2D eigenvalue weighted by Gasteiger charge is -2.18. The van der Waals surface area contributed by atoms with Gasteiger partial charge < -0.3 is 14.2 Å². The van der Waals surface area contributed by atoms with Gasteiger partial charge in [-0.05, 0) is 51.2 Å². The molecule has 0 aromatic carbocycles. The van der Waals surface area contributed by atoms with Crippen LogP contribution in [0.25, 0.3) is 6.08 Å². The fraction of sp³-hybridized carbons (Fsp3) is 0.609. The van der Waals surface area contributed by atoms with Gasteiger partial charge in [0.1, 0.15) is 0 Å². The third kappa shape index (κ3) is 9.16. The summed E-state index contributed by atoms with van der Waals surface area (Å²) in [6.45, 7) is 2.75. The molecule has 1 aliphatic rings. The largest absolute Gasteiger partial charge is 0.491 e. The van der Waals surface area contributed by atoms with Crippen LogP contribution in [0.15, 0.2) is 18.3 Å². The van der Waals surface area contributed by atoms with Crippen molar-refractivity contribution in [2.75, 3.05) is 20.3 Å². The number of ether oxygens (including phenoxy) is 3. The molecule has 2 rings (SSSR count). The Morgan fingerprint density at radius 1 is 1.13 bits per heavy atom. The van der Waals surface area contributed by atoms with Crippen molar-refractivity contribution in [3.05, 3.63) is 24.0 Å². The number of carbonyl (C=O) groups excluding carboxylic acids is 2. The van der Waals surface area contributed by atoms with Crippen LogP contribution in [0.3, 0.4) is 0 Å². The molecule has 1 aromatic heterocycles. The normalized spacial score (nSPS) is 14.2. The SMILES string of the molecule is CCOC(=O)CCCCCOc1cc(C=CC(=O)C2CCCCC2)ncc1OC.Cl. The van der Waals surface area contributed by atoms with E-state index >= 15 is 0 Å². The molecular formula is C23H34ClNO5. The van der Waals surface area contributed by atoms with E-state index in [9.17, 15) is 9.59 Å². The second kappa shape index (κ2) is 14.8. The van der Waals surface area contributed by atoms with E-state index in [1.807, 2.05) is 6.92 Å². The monoisotopic (exact) mass is 439 g/mol. The van der Waals surface area contributed by atoms with Crippen LogP contribution in [-0.2, 0) is 14.3 Å². The van der Waals surface area contributed by atoms with E-state index in [1.54, 1.807) is 31.5 Å². The highest BCUT2D eigenvalue weighted by molar-refractivity contribution is 5.95. The van der Waals surface area contributed by atoms with Crippen LogP contribution in [-0.4, -0.2) is 37.1 Å². The lowest BCUT2D eigenvalue weighted by Crippen LogP contribution is -2.15. The number of hydrogen-bond acceptors (Lipinski definition) is 6. The first-order chi connectivity index (χ1) is 14.1. The maximum Gasteiger partial charge on any atom is 0.305 e. The van der Waals surface area contributed by atoms with E-state index in [2.05, 4.69) is 4.98 Å². The molecule has 1 aromatic rings. The van der Waals surface area contributed by atoms with Gasteiger partial charge in [0.15, 0.2) is 17.3 Å². The van der Waals surface area contributed by atoms with Gasteiger partial charge in [0.25, 0.3) is 0 Å². The number of rotatable bonds is 12. The van der Waals surface area contributed by atoms with Crippen molar-refractivity contribution >= 4 is 30.2 Å². The number of unbranched alkanes of at least 4 members (excludes halogenated alkanes) is 2. The Labute approximate surface area is 185 Å². The molecule has 7 heteroatoms.